The molecule has 2 aromatic rings. The Morgan fingerprint density at radius 2 is 2.10 bits per heavy atom. The molecule has 0 bridgehead atoms. The molecule has 3 N–H and O–H groups in total. The lowest BCUT2D eigenvalue weighted by Gasteiger charge is -2.07. The van der Waals surface area contributed by atoms with Crippen LogP contribution in [0.3, 0.4) is 0 Å². The van der Waals surface area contributed by atoms with Crippen molar-refractivity contribution in [2.24, 2.45) is 0 Å². The van der Waals surface area contributed by atoms with Crippen molar-refractivity contribution in [2.45, 2.75) is 6.92 Å². The smallest absolute Gasteiger partial charge is 0.258 e. The van der Waals surface area contributed by atoms with Gasteiger partial charge in [0.05, 0.1) is 7.11 Å². The van der Waals surface area contributed by atoms with E-state index in [4.69, 9.17) is 10.5 Å². The second-order valence-corrected chi connectivity index (χ2v) is 4.92. The van der Waals surface area contributed by atoms with E-state index in [1.807, 2.05) is 0 Å². The molecule has 0 saturated heterocycles. The molecule has 0 aliphatic heterocycles. The van der Waals surface area contributed by atoms with Gasteiger partial charge in [0.2, 0.25) is 11.8 Å². The van der Waals surface area contributed by atoms with Crippen molar-refractivity contribution in [3.05, 3.63) is 40.0 Å². The van der Waals surface area contributed by atoms with E-state index >= 15 is 0 Å². The van der Waals surface area contributed by atoms with E-state index < -0.39 is 0 Å². The van der Waals surface area contributed by atoms with Gasteiger partial charge < -0.3 is 10.5 Å². The minimum atomic E-state index is -0.336. The van der Waals surface area contributed by atoms with E-state index in [0.29, 0.717) is 22.8 Å². The van der Waals surface area contributed by atoms with Crippen molar-refractivity contribution in [1.82, 2.24) is 9.97 Å². The van der Waals surface area contributed by atoms with E-state index in [2.05, 4.69) is 31.2 Å². The Morgan fingerprint density at radius 3 is 2.75 bits per heavy atom. The maximum absolute atomic E-state index is 12.1. The Balaban J connectivity index is 2.23. The van der Waals surface area contributed by atoms with Gasteiger partial charge in [0.15, 0.2) is 0 Å². The topological polar surface area (TPSA) is 90.1 Å². The highest BCUT2D eigenvalue weighted by atomic mass is 79.9. The Morgan fingerprint density at radius 1 is 1.35 bits per heavy atom. The first-order valence-electron chi connectivity index (χ1n) is 5.75. The van der Waals surface area contributed by atoms with E-state index in [9.17, 15) is 4.79 Å². The molecule has 0 radical (unpaired) electrons. The van der Waals surface area contributed by atoms with Crippen molar-refractivity contribution in [3.63, 3.8) is 0 Å². The molecule has 0 atom stereocenters. The third-order valence-corrected chi connectivity index (χ3v) is 3.25. The van der Waals surface area contributed by atoms with Gasteiger partial charge in [-0.25, -0.2) is 4.98 Å². The van der Waals surface area contributed by atoms with Crippen LogP contribution in [0.15, 0.2) is 28.7 Å². The third-order valence-electron chi connectivity index (χ3n) is 2.52. The average molecular weight is 337 g/mol. The number of amides is 1. The fraction of sp³-hybridized carbons (Fsp3) is 0.154. The third kappa shape index (κ3) is 3.24. The summed E-state index contributed by atoms with van der Waals surface area (Å²) in [6.07, 6.45) is 0. The monoisotopic (exact) mass is 336 g/mol. The van der Waals surface area contributed by atoms with Crippen molar-refractivity contribution in [1.29, 1.82) is 0 Å². The summed E-state index contributed by atoms with van der Waals surface area (Å²) in [5.74, 6) is 0.244. The number of anilines is 2. The van der Waals surface area contributed by atoms with Crippen molar-refractivity contribution in [3.8, 4) is 5.88 Å². The van der Waals surface area contributed by atoms with Crippen molar-refractivity contribution >= 4 is 33.5 Å². The summed E-state index contributed by atoms with van der Waals surface area (Å²) in [6.45, 7) is 1.79. The number of carbonyl (C=O) groups excluding carboxylic acids is 1. The van der Waals surface area contributed by atoms with Crippen LogP contribution in [0.4, 0.5) is 11.6 Å². The van der Waals surface area contributed by atoms with Crippen LogP contribution >= 0.6 is 15.9 Å². The van der Waals surface area contributed by atoms with Gasteiger partial charge >= 0.3 is 0 Å². The van der Waals surface area contributed by atoms with Crippen LogP contribution in [0.1, 0.15) is 16.1 Å². The first-order chi connectivity index (χ1) is 9.49. The van der Waals surface area contributed by atoms with Crippen LogP contribution in [0.5, 0.6) is 5.88 Å². The lowest BCUT2D eigenvalue weighted by atomic mass is 10.2. The first kappa shape index (κ1) is 14.3. The zero-order chi connectivity index (χ0) is 14.7. The van der Waals surface area contributed by atoms with Gasteiger partial charge in [0, 0.05) is 27.5 Å². The Hall–Kier alpha value is -2.15. The average Bonchev–Trinajstić information content (AvgIpc) is 2.41. The van der Waals surface area contributed by atoms with Gasteiger partial charge in [-0.2, -0.15) is 4.98 Å². The SMILES string of the molecule is COc1cc(C)nc(NC(=O)c2ccc(Br)c(N)c2)n1. The van der Waals surface area contributed by atoms with Gasteiger partial charge in [-0.3, -0.25) is 10.1 Å². The van der Waals surface area contributed by atoms with Crippen LogP contribution in [0, 0.1) is 6.92 Å². The zero-order valence-electron chi connectivity index (χ0n) is 11.0. The number of methoxy groups -OCH3 is 1. The van der Waals surface area contributed by atoms with E-state index in [0.717, 1.165) is 4.47 Å². The molecule has 0 unspecified atom stereocenters. The zero-order valence-corrected chi connectivity index (χ0v) is 12.6. The standard InChI is InChI=1S/C13H13BrN4O2/c1-7-5-11(20-2)17-13(16-7)18-12(19)8-3-4-9(14)10(15)6-8/h3-6H,15H2,1-2H3,(H,16,17,18,19). The second kappa shape index (κ2) is 5.87. The highest BCUT2D eigenvalue weighted by Crippen LogP contribution is 2.21. The molecule has 0 spiro atoms. The largest absolute Gasteiger partial charge is 0.481 e. The van der Waals surface area contributed by atoms with Gasteiger partial charge in [-0.05, 0) is 41.1 Å². The van der Waals surface area contributed by atoms with Gasteiger partial charge in [0.1, 0.15) is 0 Å². The molecule has 104 valence electrons. The molecule has 7 heteroatoms. The van der Waals surface area contributed by atoms with E-state index in [1.165, 1.54) is 7.11 Å². The van der Waals surface area contributed by atoms with Crippen molar-refractivity contribution in [2.75, 3.05) is 18.2 Å². The van der Waals surface area contributed by atoms with Crippen LogP contribution in [0.2, 0.25) is 0 Å². The normalized spacial score (nSPS) is 10.2. The Bertz CT molecular complexity index is 661. The number of benzene rings is 1. The second-order valence-electron chi connectivity index (χ2n) is 4.07. The predicted octanol–water partition coefficient (Wildman–Crippen LogP) is 2.39. The fourth-order valence-corrected chi connectivity index (χ4v) is 1.81. The Kier molecular flexibility index (Phi) is 4.19. The summed E-state index contributed by atoms with van der Waals surface area (Å²) in [7, 11) is 1.50. The molecule has 6 nitrogen and oxygen atoms in total. The summed E-state index contributed by atoms with van der Waals surface area (Å²) in [4.78, 5) is 20.3. The highest BCUT2D eigenvalue weighted by molar-refractivity contribution is 9.10. The Labute approximate surface area is 124 Å². The summed E-state index contributed by atoms with van der Waals surface area (Å²) in [5, 5.41) is 2.61. The molecule has 20 heavy (non-hydrogen) atoms. The maximum atomic E-state index is 12.1. The summed E-state index contributed by atoms with van der Waals surface area (Å²) in [5.41, 5.74) is 7.35. The molecule has 0 aliphatic carbocycles. The van der Waals surface area contributed by atoms with E-state index in [-0.39, 0.29) is 11.9 Å². The quantitative estimate of drug-likeness (QED) is 0.840. The number of nitrogens with zero attached hydrogens (tertiary/aromatic N) is 2. The van der Waals surface area contributed by atoms with Gasteiger partial charge in [-0.1, -0.05) is 0 Å². The number of carbonyl (C=O) groups is 1. The van der Waals surface area contributed by atoms with Crippen LogP contribution in [-0.4, -0.2) is 23.0 Å². The minimum Gasteiger partial charge on any atom is -0.481 e. The van der Waals surface area contributed by atoms with Gasteiger partial charge in [0.25, 0.3) is 5.91 Å². The molecule has 2 rings (SSSR count). The lowest BCUT2D eigenvalue weighted by Crippen LogP contribution is -2.15. The molecular weight excluding hydrogens is 324 g/mol. The molecule has 1 aromatic heterocycles. The number of hydrogen-bond acceptors (Lipinski definition) is 5. The molecule has 0 saturated carbocycles. The maximum Gasteiger partial charge on any atom is 0.258 e. The first-order valence-corrected chi connectivity index (χ1v) is 6.55. The summed E-state index contributed by atoms with van der Waals surface area (Å²) < 4.78 is 5.77. The molecule has 0 fully saturated rings. The van der Waals surface area contributed by atoms with Crippen LogP contribution in [-0.2, 0) is 0 Å². The number of nitrogens with one attached hydrogen (secondary N) is 1. The number of ether oxygens (including phenoxy) is 1. The van der Waals surface area contributed by atoms with Crippen molar-refractivity contribution < 1.29 is 9.53 Å². The fourth-order valence-electron chi connectivity index (χ4n) is 1.56. The summed E-state index contributed by atoms with van der Waals surface area (Å²) >= 11 is 3.28. The number of hydrogen-bond donors (Lipinski definition) is 2. The number of halogens is 1. The number of aromatic nitrogens is 2. The minimum absolute atomic E-state index is 0.188. The number of rotatable bonds is 3. The molecule has 1 aromatic carbocycles. The molecular formula is C13H13BrN4O2. The van der Waals surface area contributed by atoms with Crippen LogP contribution < -0.4 is 15.8 Å². The van der Waals surface area contributed by atoms with Gasteiger partial charge in [-0.15, -0.1) is 0 Å². The highest BCUT2D eigenvalue weighted by Gasteiger charge is 2.10. The molecule has 1 amide bonds. The number of aryl methyl sites for hydroxylation is 1. The number of nitrogens with two attached hydrogens (primary N) is 1. The van der Waals surface area contributed by atoms with E-state index in [1.54, 1.807) is 31.2 Å². The van der Waals surface area contributed by atoms with Crippen LogP contribution in [0.25, 0.3) is 0 Å². The molecule has 1 heterocycles. The molecule has 0 aliphatic rings. The summed E-state index contributed by atoms with van der Waals surface area (Å²) in [6, 6.07) is 6.62. The predicted molar refractivity (Wildman–Crippen MR) is 79.8 cm³/mol. The lowest BCUT2D eigenvalue weighted by molar-refractivity contribution is 0.102. The number of nitrogen functional groups attached to an aromatic ring is 1.